The fraction of sp³-hybridized carbons (Fsp3) is 0.158. The third kappa shape index (κ3) is 4.32. The summed E-state index contributed by atoms with van der Waals surface area (Å²) in [6.07, 6.45) is 2.16. The molecule has 0 heterocycles. The lowest BCUT2D eigenvalue weighted by atomic mass is 9.99. The van der Waals surface area contributed by atoms with E-state index in [0.717, 1.165) is 6.08 Å². The standard InChI is InChI=1S/C19H18O7/c1-25-16-9-12(3-5-14(16)20)8-15(21)13-7-11(4-6-18(22)23)10-17(26-2)19(13)24/h3-7,9-10,20,24H,8H2,1-2H3,(H,22,23)/b6-4+. The first-order chi connectivity index (χ1) is 12.3. The number of ether oxygens (including phenoxy) is 2. The number of carboxylic acid groups (broad SMARTS) is 1. The SMILES string of the molecule is COc1cc(CC(=O)c2cc(/C=C/C(=O)O)cc(OC)c2O)ccc1O. The predicted octanol–water partition coefficient (Wildman–Crippen LogP) is 2.64. The molecule has 0 unspecified atom stereocenters. The minimum absolute atomic E-state index is 0.00132. The van der Waals surface area contributed by atoms with Crippen molar-refractivity contribution < 1.29 is 34.4 Å². The van der Waals surface area contributed by atoms with E-state index in [9.17, 15) is 19.8 Å². The Morgan fingerprint density at radius 3 is 2.35 bits per heavy atom. The molecule has 0 atom stereocenters. The summed E-state index contributed by atoms with van der Waals surface area (Å²) in [6, 6.07) is 7.31. The number of hydrogen-bond donors (Lipinski definition) is 3. The zero-order valence-electron chi connectivity index (χ0n) is 14.2. The van der Waals surface area contributed by atoms with Crippen molar-refractivity contribution in [2.45, 2.75) is 6.42 Å². The summed E-state index contributed by atoms with van der Waals surface area (Å²) in [6.45, 7) is 0. The summed E-state index contributed by atoms with van der Waals surface area (Å²) in [5.74, 6) is -1.62. The molecule has 7 heteroatoms. The quantitative estimate of drug-likeness (QED) is 0.515. The molecule has 3 N–H and O–H groups in total. The lowest BCUT2D eigenvalue weighted by Crippen LogP contribution is -2.05. The van der Waals surface area contributed by atoms with Crippen molar-refractivity contribution in [3.63, 3.8) is 0 Å². The van der Waals surface area contributed by atoms with Crippen LogP contribution >= 0.6 is 0 Å². The molecule has 136 valence electrons. The van der Waals surface area contributed by atoms with Gasteiger partial charge in [-0.25, -0.2) is 4.79 Å². The Kier molecular flexibility index (Phi) is 5.85. The van der Waals surface area contributed by atoms with E-state index in [0.29, 0.717) is 11.1 Å². The van der Waals surface area contributed by atoms with Crippen molar-refractivity contribution in [3.05, 3.63) is 53.1 Å². The van der Waals surface area contributed by atoms with Crippen LogP contribution in [0.3, 0.4) is 0 Å². The minimum atomic E-state index is -1.14. The number of carbonyl (C=O) groups is 2. The number of carboxylic acids is 1. The Hall–Kier alpha value is -3.48. The van der Waals surface area contributed by atoms with Gasteiger partial charge in [0.05, 0.1) is 19.8 Å². The number of Topliss-reactive ketones (excluding diaryl/α,β-unsaturated/α-hetero) is 1. The first-order valence-electron chi connectivity index (χ1n) is 7.56. The summed E-state index contributed by atoms with van der Waals surface area (Å²) in [7, 11) is 2.73. The second kappa shape index (κ2) is 8.06. The van der Waals surface area contributed by atoms with Crippen LogP contribution in [-0.2, 0) is 11.2 Å². The Labute approximate surface area is 149 Å². The summed E-state index contributed by atoms with van der Waals surface area (Å²) in [4.78, 5) is 23.3. The van der Waals surface area contributed by atoms with Crippen LogP contribution in [0.15, 0.2) is 36.4 Å². The largest absolute Gasteiger partial charge is 0.504 e. The number of aliphatic carboxylic acids is 1. The molecule has 0 aliphatic rings. The van der Waals surface area contributed by atoms with Crippen LogP contribution in [0.25, 0.3) is 6.08 Å². The van der Waals surface area contributed by atoms with Gasteiger partial charge in [-0.15, -0.1) is 0 Å². The number of carbonyl (C=O) groups excluding carboxylic acids is 1. The molecule has 0 saturated carbocycles. The van der Waals surface area contributed by atoms with Crippen LogP contribution in [0.5, 0.6) is 23.0 Å². The average Bonchev–Trinajstić information content (AvgIpc) is 2.62. The fourth-order valence-electron chi connectivity index (χ4n) is 2.37. The summed E-state index contributed by atoms with van der Waals surface area (Å²) < 4.78 is 10.1. The van der Waals surface area contributed by atoms with Crippen molar-refractivity contribution in [2.75, 3.05) is 14.2 Å². The van der Waals surface area contributed by atoms with E-state index in [-0.39, 0.29) is 35.0 Å². The van der Waals surface area contributed by atoms with Crippen LogP contribution < -0.4 is 9.47 Å². The zero-order valence-corrected chi connectivity index (χ0v) is 14.2. The van der Waals surface area contributed by atoms with Gasteiger partial charge in [-0.2, -0.15) is 0 Å². The number of methoxy groups -OCH3 is 2. The molecule has 0 saturated heterocycles. The second-order valence-electron chi connectivity index (χ2n) is 5.40. The van der Waals surface area contributed by atoms with Gasteiger partial charge in [0, 0.05) is 12.5 Å². The maximum Gasteiger partial charge on any atom is 0.328 e. The van der Waals surface area contributed by atoms with E-state index in [1.165, 1.54) is 44.6 Å². The molecule has 0 fully saturated rings. The van der Waals surface area contributed by atoms with Gasteiger partial charge in [0.1, 0.15) is 0 Å². The van der Waals surface area contributed by atoms with Crippen LogP contribution in [0, 0.1) is 0 Å². The highest BCUT2D eigenvalue weighted by atomic mass is 16.5. The molecule has 2 aromatic rings. The molecule has 0 aromatic heterocycles. The van der Waals surface area contributed by atoms with Gasteiger partial charge in [-0.1, -0.05) is 6.07 Å². The molecule has 26 heavy (non-hydrogen) atoms. The Balaban J connectivity index is 2.38. The van der Waals surface area contributed by atoms with E-state index >= 15 is 0 Å². The highest BCUT2D eigenvalue weighted by molar-refractivity contribution is 6.01. The van der Waals surface area contributed by atoms with Gasteiger partial charge >= 0.3 is 5.97 Å². The molecule has 2 rings (SSSR count). The van der Waals surface area contributed by atoms with Crippen LogP contribution in [0.2, 0.25) is 0 Å². The molecule has 0 amide bonds. The normalized spacial score (nSPS) is 10.7. The first-order valence-corrected chi connectivity index (χ1v) is 7.56. The van der Waals surface area contributed by atoms with E-state index in [2.05, 4.69) is 0 Å². The van der Waals surface area contributed by atoms with Gasteiger partial charge in [-0.3, -0.25) is 4.79 Å². The number of phenolic OH excluding ortho intramolecular Hbond substituents is 2. The molecule has 0 spiro atoms. The number of rotatable bonds is 7. The maximum atomic E-state index is 12.6. The minimum Gasteiger partial charge on any atom is -0.504 e. The Bertz CT molecular complexity index is 868. The molecule has 0 aliphatic heterocycles. The van der Waals surface area contributed by atoms with E-state index in [1.807, 2.05) is 0 Å². The third-order valence-electron chi connectivity index (χ3n) is 3.64. The third-order valence-corrected chi connectivity index (χ3v) is 3.64. The molecule has 0 aliphatic carbocycles. The van der Waals surface area contributed by atoms with Crippen molar-refractivity contribution >= 4 is 17.8 Å². The Morgan fingerprint density at radius 2 is 1.73 bits per heavy atom. The average molecular weight is 358 g/mol. The van der Waals surface area contributed by atoms with E-state index in [1.54, 1.807) is 6.07 Å². The van der Waals surface area contributed by atoms with Gasteiger partial charge in [0.25, 0.3) is 0 Å². The van der Waals surface area contributed by atoms with Crippen molar-refractivity contribution in [3.8, 4) is 23.0 Å². The zero-order chi connectivity index (χ0) is 19.3. The van der Waals surface area contributed by atoms with E-state index in [4.69, 9.17) is 14.6 Å². The van der Waals surface area contributed by atoms with Gasteiger partial charge in [-0.05, 0) is 41.5 Å². The molecule has 0 radical (unpaired) electrons. The van der Waals surface area contributed by atoms with Crippen molar-refractivity contribution in [1.82, 2.24) is 0 Å². The lowest BCUT2D eigenvalue weighted by Gasteiger charge is -2.11. The smallest absolute Gasteiger partial charge is 0.328 e. The van der Waals surface area contributed by atoms with Crippen LogP contribution in [0.1, 0.15) is 21.5 Å². The highest BCUT2D eigenvalue weighted by Crippen LogP contribution is 2.33. The highest BCUT2D eigenvalue weighted by Gasteiger charge is 2.18. The lowest BCUT2D eigenvalue weighted by molar-refractivity contribution is -0.131. The Morgan fingerprint density at radius 1 is 1.04 bits per heavy atom. The van der Waals surface area contributed by atoms with Crippen molar-refractivity contribution in [1.29, 1.82) is 0 Å². The van der Waals surface area contributed by atoms with E-state index < -0.39 is 11.8 Å². The van der Waals surface area contributed by atoms with Crippen molar-refractivity contribution in [2.24, 2.45) is 0 Å². The fourth-order valence-corrected chi connectivity index (χ4v) is 2.37. The number of benzene rings is 2. The molecule has 2 aromatic carbocycles. The monoisotopic (exact) mass is 358 g/mol. The predicted molar refractivity (Wildman–Crippen MR) is 94.0 cm³/mol. The van der Waals surface area contributed by atoms with Crippen LogP contribution in [0.4, 0.5) is 0 Å². The maximum absolute atomic E-state index is 12.6. The van der Waals surface area contributed by atoms with Gasteiger partial charge < -0.3 is 24.8 Å². The van der Waals surface area contributed by atoms with Crippen LogP contribution in [-0.4, -0.2) is 41.3 Å². The summed E-state index contributed by atoms with van der Waals surface area (Å²) >= 11 is 0. The number of ketones is 1. The molecule has 7 nitrogen and oxygen atoms in total. The number of hydrogen-bond acceptors (Lipinski definition) is 6. The molecular formula is C19H18O7. The summed E-state index contributed by atoms with van der Waals surface area (Å²) in [5.41, 5.74) is 0.976. The van der Waals surface area contributed by atoms with Gasteiger partial charge in [0.2, 0.25) is 0 Å². The molecular weight excluding hydrogens is 340 g/mol. The first kappa shape index (κ1) is 18.9. The molecule has 0 bridgehead atoms. The number of phenols is 2. The topological polar surface area (TPSA) is 113 Å². The second-order valence-corrected chi connectivity index (χ2v) is 5.40. The summed E-state index contributed by atoms with van der Waals surface area (Å²) in [5, 5.41) is 28.6. The number of aromatic hydroxyl groups is 2. The van der Waals surface area contributed by atoms with Gasteiger partial charge in [0.15, 0.2) is 28.8 Å².